The van der Waals surface area contributed by atoms with Gasteiger partial charge >= 0.3 is 5.97 Å². The van der Waals surface area contributed by atoms with Gasteiger partial charge in [-0.3, -0.25) is 4.79 Å². The average Bonchev–Trinajstić information content (AvgIpc) is 2.40. The third-order valence-electron chi connectivity index (χ3n) is 2.94. The minimum Gasteiger partial charge on any atom is -0.507 e. The Hall–Kier alpha value is -3.42. The molecule has 8 nitrogen and oxygen atoms in total. The van der Waals surface area contributed by atoms with Crippen LogP contribution in [0.2, 0.25) is 0 Å². The summed E-state index contributed by atoms with van der Waals surface area (Å²) in [4.78, 5) is 23.2. The lowest BCUT2D eigenvalue weighted by Gasteiger charge is -2.11. The number of carboxylic acid groups (broad SMARTS) is 1. The molecule has 114 valence electrons. The van der Waals surface area contributed by atoms with E-state index in [4.69, 9.17) is 5.11 Å². The number of aromatic hydroxyl groups is 5. The number of phenols is 5. The lowest BCUT2D eigenvalue weighted by Crippen LogP contribution is -2.06. The van der Waals surface area contributed by atoms with Gasteiger partial charge in [0.25, 0.3) is 0 Å². The Morgan fingerprint density at radius 1 is 0.727 bits per heavy atom. The van der Waals surface area contributed by atoms with Crippen LogP contribution in [0.25, 0.3) is 0 Å². The van der Waals surface area contributed by atoms with E-state index in [1.165, 1.54) is 0 Å². The third kappa shape index (κ3) is 2.33. The van der Waals surface area contributed by atoms with Crippen molar-refractivity contribution in [2.75, 3.05) is 0 Å². The lowest BCUT2D eigenvalue weighted by molar-refractivity contribution is 0.0690. The van der Waals surface area contributed by atoms with E-state index in [1.54, 1.807) is 0 Å². The molecule has 22 heavy (non-hydrogen) atoms. The lowest BCUT2D eigenvalue weighted by atomic mass is 9.98. The molecule has 6 N–H and O–H groups in total. The maximum atomic E-state index is 12.3. The van der Waals surface area contributed by atoms with Crippen LogP contribution >= 0.6 is 0 Å². The molecule has 0 spiro atoms. The van der Waals surface area contributed by atoms with Crippen molar-refractivity contribution in [3.63, 3.8) is 0 Å². The average molecular weight is 306 g/mol. The van der Waals surface area contributed by atoms with Gasteiger partial charge in [0, 0.05) is 11.6 Å². The molecule has 0 heterocycles. The van der Waals surface area contributed by atoms with E-state index in [1.807, 2.05) is 0 Å². The van der Waals surface area contributed by atoms with E-state index >= 15 is 0 Å². The first-order valence-corrected chi connectivity index (χ1v) is 5.82. The van der Waals surface area contributed by atoms with Gasteiger partial charge in [0.2, 0.25) is 5.78 Å². The quantitative estimate of drug-likeness (QED) is 0.364. The van der Waals surface area contributed by atoms with Crippen LogP contribution in [0.5, 0.6) is 28.7 Å². The second kappa shape index (κ2) is 5.17. The molecule has 2 aromatic carbocycles. The summed E-state index contributed by atoms with van der Waals surface area (Å²) in [6.45, 7) is 0. The van der Waals surface area contributed by atoms with Crippen LogP contribution in [0.1, 0.15) is 26.3 Å². The summed E-state index contributed by atoms with van der Waals surface area (Å²) in [7, 11) is 0. The number of benzene rings is 2. The van der Waals surface area contributed by atoms with Crippen LogP contribution in [0.15, 0.2) is 24.3 Å². The second-order valence-electron chi connectivity index (χ2n) is 4.35. The van der Waals surface area contributed by atoms with Gasteiger partial charge in [-0.25, -0.2) is 4.79 Å². The number of carbonyl (C=O) groups is 2. The summed E-state index contributed by atoms with van der Waals surface area (Å²) in [6.07, 6.45) is 0. The van der Waals surface area contributed by atoms with Gasteiger partial charge in [-0.15, -0.1) is 0 Å². The number of carbonyl (C=O) groups excluding carboxylic acids is 1. The maximum Gasteiger partial charge on any atom is 0.343 e. The van der Waals surface area contributed by atoms with Gasteiger partial charge in [-0.1, -0.05) is 0 Å². The number of carboxylic acids is 1. The van der Waals surface area contributed by atoms with Crippen LogP contribution in [0.4, 0.5) is 0 Å². The number of aromatic carboxylic acids is 1. The van der Waals surface area contributed by atoms with E-state index in [9.17, 15) is 35.1 Å². The molecular weight excluding hydrogens is 296 g/mol. The van der Waals surface area contributed by atoms with Crippen molar-refractivity contribution in [2.24, 2.45) is 0 Å². The molecule has 0 bridgehead atoms. The predicted molar refractivity (Wildman–Crippen MR) is 71.6 cm³/mol. The van der Waals surface area contributed by atoms with Gasteiger partial charge in [0.15, 0.2) is 11.5 Å². The molecule has 0 fully saturated rings. The van der Waals surface area contributed by atoms with E-state index in [2.05, 4.69) is 0 Å². The van der Waals surface area contributed by atoms with E-state index in [0.29, 0.717) is 6.07 Å². The molecule has 0 aliphatic carbocycles. The summed E-state index contributed by atoms with van der Waals surface area (Å²) < 4.78 is 0. The molecule has 0 aromatic heterocycles. The molecule has 0 amide bonds. The van der Waals surface area contributed by atoms with Gasteiger partial charge in [0.1, 0.15) is 28.4 Å². The van der Waals surface area contributed by atoms with Gasteiger partial charge in [-0.05, 0) is 18.2 Å². The summed E-state index contributed by atoms with van der Waals surface area (Å²) in [5, 5.41) is 56.4. The first-order valence-electron chi connectivity index (χ1n) is 5.82. The molecule has 0 aliphatic heterocycles. The van der Waals surface area contributed by atoms with Crippen LogP contribution in [-0.4, -0.2) is 42.4 Å². The minimum atomic E-state index is -1.70. The minimum absolute atomic E-state index is 0.220. The zero-order valence-corrected chi connectivity index (χ0v) is 10.8. The molecule has 8 heteroatoms. The van der Waals surface area contributed by atoms with Crippen molar-refractivity contribution in [1.82, 2.24) is 0 Å². The molecule has 2 rings (SSSR count). The zero-order valence-electron chi connectivity index (χ0n) is 10.8. The molecule has 0 atom stereocenters. The van der Waals surface area contributed by atoms with Gasteiger partial charge in [-0.2, -0.15) is 0 Å². The highest BCUT2D eigenvalue weighted by Gasteiger charge is 2.27. The summed E-state index contributed by atoms with van der Waals surface area (Å²) in [5.41, 5.74) is -1.91. The number of hydrogen-bond acceptors (Lipinski definition) is 7. The van der Waals surface area contributed by atoms with Crippen LogP contribution in [0.3, 0.4) is 0 Å². The fourth-order valence-electron chi connectivity index (χ4n) is 1.89. The van der Waals surface area contributed by atoms with E-state index < -0.39 is 51.6 Å². The molecular formula is C14H10O8. The third-order valence-corrected chi connectivity index (χ3v) is 2.94. The molecule has 0 unspecified atom stereocenters. The van der Waals surface area contributed by atoms with E-state index in [0.717, 1.165) is 18.2 Å². The first kappa shape index (κ1) is 15.0. The highest BCUT2D eigenvalue weighted by molar-refractivity contribution is 6.14. The largest absolute Gasteiger partial charge is 0.507 e. The monoisotopic (exact) mass is 306 g/mol. The van der Waals surface area contributed by atoms with Crippen molar-refractivity contribution in [1.29, 1.82) is 0 Å². The van der Waals surface area contributed by atoms with Crippen molar-refractivity contribution in [2.45, 2.75) is 0 Å². The van der Waals surface area contributed by atoms with Crippen LogP contribution in [0, 0.1) is 0 Å². The molecule has 2 aromatic rings. The number of phenolic OH excluding ortho intramolecular Hbond substituents is 3. The fourth-order valence-corrected chi connectivity index (χ4v) is 1.89. The molecule has 0 saturated heterocycles. The summed E-state index contributed by atoms with van der Waals surface area (Å²) >= 11 is 0. The van der Waals surface area contributed by atoms with Crippen LogP contribution < -0.4 is 0 Å². The molecule has 0 aliphatic rings. The van der Waals surface area contributed by atoms with Crippen molar-refractivity contribution >= 4 is 11.8 Å². The smallest absolute Gasteiger partial charge is 0.343 e. The molecule has 0 saturated carbocycles. The Morgan fingerprint density at radius 2 is 1.32 bits per heavy atom. The Bertz CT molecular complexity index is 794. The normalized spacial score (nSPS) is 10.4. The Labute approximate surface area is 122 Å². The SMILES string of the molecule is O=C(O)c1c(O)cc(O)c(C(=O)c2ccc(O)c(O)c2)c1O. The first-order chi connectivity index (χ1) is 10.2. The van der Waals surface area contributed by atoms with Gasteiger partial charge < -0.3 is 30.6 Å². The standard InChI is InChI=1S/C14H10O8/c15-6-2-1-5(3-7(6)16)12(19)10-8(17)4-9(18)11(13(10)20)14(21)22/h1-4,15-18,20H,(H,21,22). The summed E-state index contributed by atoms with van der Waals surface area (Å²) in [5.74, 6) is -6.65. The highest BCUT2D eigenvalue weighted by Crippen LogP contribution is 2.39. The Balaban J connectivity index is 2.66. The van der Waals surface area contributed by atoms with Gasteiger partial charge in [0.05, 0.1) is 0 Å². The second-order valence-corrected chi connectivity index (χ2v) is 4.35. The predicted octanol–water partition coefficient (Wildman–Crippen LogP) is 1.14. The van der Waals surface area contributed by atoms with Crippen molar-refractivity contribution < 1.29 is 40.2 Å². The zero-order chi connectivity index (χ0) is 16.6. The van der Waals surface area contributed by atoms with Crippen molar-refractivity contribution in [3.8, 4) is 28.7 Å². The summed E-state index contributed by atoms with van der Waals surface area (Å²) in [6, 6.07) is 3.60. The topological polar surface area (TPSA) is 156 Å². The molecule has 0 radical (unpaired) electrons. The number of hydrogen-bond donors (Lipinski definition) is 6. The highest BCUT2D eigenvalue weighted by atomic mass is 16.4. The van der Waals surface area contributed by atoms with Crippen LogP contribution in [-0.2, 0) is 0 Å². The fraction of sp³-hybridized carbons (Fsp3) is 0. The van der Waals surface area contributed by atoms with Crippen molar-refractivity contribution in [3.05, 3.63) is 41.0 Å². The Kier molecular flexibility index (Phi) is 3.52. The number of ketones is 1. The van der Waals surface area contributed by atoms with E-state index in [-0.39, 0.29) is 5.56 Å². The maximum absolute atomic E-state index is 12.3. The Morgan fingerprint density at radius 3 is 1.86 bits per heavy atom. The number of rotatable bonds is 3.